The Hall–Kier alpha value is -1.26. The Morgan fingerprint density at radius 1 is 1.50 bits per heavy atom. The third kappa shape index (κ3) is 2.31. The fraction of sp³-hybridized carbons (Fsp3) is 0.571. The van der Waals surface area contributed by atoms with Crippen molar-refractivity contribution in [2.24, 2.45) is 5.92 Å². The molecule has 2 aliphatic rings. The van der Waals surface area contributed by atoms with Crippen LogP contribution in [-0.2, 0) is 0 Å². The third-order valence-electron chi connectivity index (χ3n) is 3.92. The highest BCUT2D eigenvalue weighted by Gasteiger charge is 2.26. The van der Waals surface area contributed by atoms with E-state index in [0.717, 1.165) is 18.2 Å². The molecule has 4 heteroatoms. The Kier molecular flexibility index (Phi) is 3.14. The van der Waals surface area contributed by atoms with Gasteiger partial charge in [0, 0.05) is 18.2 Å². The first kappa shape index (κ1) is 11.8. The summed E-state index contributed by atoms with van der Waals surface area (Å²) in [5, 5.41) is 13.0. The zero-order valence-electron chi connectivity index (χ0n) is 10.7. The molecule has 0 radical (unpaired) electrons. The van der Waals surface area contributed by atoms with Gasteiger partial charge in [-0.1, -0.05) is 0 Å². The molecule has 3 rings (SSSR count). The van der Waals surface area contributed by atoms with Crippen molar-refractivity contribution in [2.45, 2.75) is 12.5 Å². The Balaban J connectivity index is 1.59. The second-order valence-corrected chi connectivity index (χ2v) is 5.41. The Morgan fingerprint density at radius 3 is 3.17 bits per heavy atom. The maximum Gasteiger partial charge on any atom is 0.127 e. The summed E-state index contributed by atoms with van der Waals surface area (Å²) in [5.74, 6) is 1.83. The lowest BCUT2D eigenvalue weighted by molar-refractivity contribution is 0.300. The normalized spacial score (nSPS) is 27.2. The number of nitrogens with zero attached hydrogens (tertiary/aromatic N) is 1. The second-order valence-electron chi connectivity index (χ2n) is 5.41. The molecule has 0 amide bonds. The van der Waals surface area contributed by atoms with Crippen LogP contribution in [0.1, 0.15) is 18.0 Å². The van der Waals surface area contributed by atoms with Gasteiger partial charge < -0.3 is 20.1 Å². The summed E-state index contributed by atoms with van der Waals surface area (Å²) in [6, 6.07) is 5.65. The van der Waals surface area contributed by atoms with Crippen LogP contribution in [0.3, 0.4) is 0 Å². The van der Waals surface area contributed by atoms with E-state index in [1.165, 1.54) is 25.1 Å². The quantitative estimate of drug-likeness (QED) is 0.848. The minimum absolute atomic E-state index is 0.270. The highest BCUT2D eigenvalue weighted by molar-refractivity contribution is 5.44. The third-order valence-corrected chi connectivity index (χ3v) is 3.92. The number of aromatic hydroxyl groups is 1. The summed E-state index contributed by atoms with van der Waals surface area (Å²) >= 11 is 0. The smallest absolute Gasteiger partial charge is 0.127 e. The summed E-state index contributed by atoms with van der Waals surface area (Å²) in [4.78, 5) is 2.38. The van der Waals surface area contributed by atoms with E-state index in [9.17, 15) is 5.11 Å². The average molecular weight is 248 g/mol. The highest BCUT2D eigenvalue weighted by Crippen LogP contribution is 2.34. The lowest BCUT2D eigenvalue weighted by atomic mass is 10.1. The molecule has 2 atom stereocenters. The van der Waals surface area contributed by atoms with Crippen molar-refractivity contribution >= 4 is 0 Å². The number of phenolic OH excluding ortho intramolecular Hbond substituents is 1. The molecule has 0 bridgehead atoms. The van der Waals surface area contributed by atoms with Gasteiger partial charge in [0.15, 0.2) is 0 Å². The number of likely N-dealkylation sites (tertiary alicyclic amines) is 1. The topological polar surface area (TPSA) is 44.7 Å². The van der Waals surface area contributed by atoms with Crippen LogP contribution in [-0.4, -0.2) is 43.3 Å². The van der Waals surface area contributed by atoms with E-state index in [1.54, 1.807) is 12.1 Å². The first-order valence-electron chi connectivity index (χ1n) is 6.60. The number of nitrogens with one attached hydrogen (secondary N) is 1. The predicted octanol–water partition coefficient (Wildman–Crippen LogP) is 1.37. The molecule has 1 saturated heterocycles. The van der Waals surface area contributed by atoms with Crippen molar-refractivity contribution in [3.63, 3.8) is 0 Å². The van der Waals surface area contributed by atoms with Crippen molar-refractivity contribution in [2.75, 3.05) is 33.3 Å². The average Bonchev–Trinajstić information content (AvgIpc) is 2.92. The van der Waals surface area contributed by atoms with Crippen LogP contribution in [0.5, 0.6) is 11.5 Å². The molecule has 18 heavy (non-hydrogen) atoms. The molecule has 1 aromatic rings. The van der Waals surface area contributed by atoms with E-state index in [1.807, 2.05) is 6.07 Å². The lowest BCUT2D eigenvalue weighted by Gasteiger charge is -2.15. The number of benzene rings is 1. The van der Waals surface area contributed by atoms with Crippen LogP contribution in [0.25, 0.3) is 0 Å². The minimum atomic E-state index is 0.270. The number of hydrogen-bond acceptors (Lipinski definition) is 4. The molecule has 1 fully saturated rings. The molecule has 0 saturated carbocycles. The number of fused-ring (bicyclic) bond motifs is 1. The largest absolute Gasteiger partial charge is 0.508 e. The van der Waals surface area contributed by atoms with Gasteiger partial charge in [-0.15, -0.1) is 0 Å². The van der Waals surface area contributed by atoms with Crippen LogP contribution in [0, 0.1) is 5.92 Å². The maximum absolute atomic E-state index is 9.41. The molecule has 2 N–H and O–H groups in total. The van der Waals surface area contributed by atoms with Crippen molar-refractivity contribution in [1.29, 1.82) is 0 Å². The van der Waals surface area contributed by atoms with Crippen LogP contribution >= 0.6 is 0 Å². The van der Waals surface area contributed by atoms with Gasteiger partial charge in [0.05, 0.1) is 6.04 Å². The van der Waals surface area contributed by atoms with E-state index >= 15 is 0 Å². The molecule has 98 valence electrons. The second kappa shape index (κ2) is 4.78. The summed E-state index contributed by atoms with van der Waals surface area (Å²) in [6.07, 6.45) is 1.28. The van der Waals surface area contributed by atoms with Crippen LogP contribution < -0.4 is 10.1 Å². The molecule has 4 nitrogen and oxygen atoms in total. The number of ether oxygens (including phenoxy) is 1. The van der Waals surface area contributed by atoms with Gasteiger partial charge in [-0.25, -0.2) is 0 Å². The predicted molar refractivity (Wildman–Crippen MR) is 69.9 cm³/mol. The lowest BCUT2D eigenvalue weighted by Crippen LogP contribution is -2.29. The molecule has 1 aromatic carbocycles. The van der Waals surface area contributed by atoms with E-state index in [0.29, 0.717) is 6.61 Å². The highest BCUT2D eigenvalue weighted by atomic mass is 16.5. The first-order chi connectivity index (χ1) is 8.72. The van der Waals surface area contributed by atoms with Crippen molar-refractivity contribution in [3.8, 4) is 11.5 Å². The summed E-state index contributed by atoms with van der Waals surface area (Å²) < 4.78 is 5.60. The molecule has 2 unspecified atom stereocenters. The van der Waals surface area contributed by atoms with Crippen LogP contribution in [0.2, 0.25) is 0 Å². The van der Waals surface area contributed by atoms with Crippen LogP contribution in [0.15, 0.2) is 18.2 Å². The van der Waals surface area contributed by atoms with Gasteiger partial charge >= 0.3 is 0 Å². The number of rotatable bonds is 3. The van der Waals surface area contributed by atoms with Gasteiger partial charge in [-0.05, 0) is 44.6 Å². The summed E-state index contributed by atoms with van der Waals surface area (Å²) in [6.45, 7) is 4.10. The summed E-state index contributed by atoms with van der Waals surface area (Å²) in [5.41, 5.74) is 1.17. The Labute approximate surface area is 108 Å². The molecule has 0 aromatic heterocycles. The van der Waals surface area contributed by atoms with E-state index in [4.69, 9.17) is 4.74 Å². The van der Waals surface area contributed by atoms with Gasteiger partial charge in [-0.3, -0.25) is 0 Å². The monoisotopic (exact) mass is 248 g/mol. The molecular weight excluding hydrogens is 228 g/mol. The standard InChI is InChI=1S/C14H20N2O2/c1-16-5-4-10(8-16)7-15-13-9-18-14-6-11(17)2-3-12(13)14/h2-3,6,10,13,15,17H,4-5,7-9H2,1H3. The molecular formula is C14H20N2O2. The molecule has 0 spiro atoms. The maximum atomic E-state index is 9.41. The summed E-state index contributed by atoms with van der Waals surface area (Å²) in [7, 11) is 2.18. The van der Waals surface area contributed by atoms with Gasteiger partial charge in [-0.2, -0.15) is 0 Å². The van der Waals surface area contributed by atoms with Crippen molar-refractivity contribution in [3.05, 3.63) is 23.8 Å². The van der Waals surface area contributed by atoms with Gasteiger partial charge in [0.2, 0.25) is 0 Å². The van der Waals surface area contributed by atoms with E-state index in [2.05, 4.69) is 17.3 Å². The van der Waals surface area contributed by atoms with Gasteiger partial charge in [0.1, 0.15) is 18.1 Å². The van der Waals surface area contributed by atoms with Crippen molar-refractivity contribution in [1.82, 2.24) is 10.2 Å². The van der Waals surface area contributed by atoms with E-state index in [-0.39, 0.29) is 11.8 Å². The zero-order chi connectivity index (χ0) is 12.5. The number of phenols is 1. The van der Waals surface area contributed by atoms with Crippen LogP contribution in [0.4, 0.5) is 0 Å². The fourth-order valence-corrected chi connectivity index (χ4v) is 2.87. The zero-order valence-corrected chi connectivity index (χ0v) is 10.7. The van der Waals surface area contributed by atoms with E-state index < -0.39 is 0 Å². The Bertz CT molecular complexity index is 436. The SMILES string of the molecule is CN1CCC(CNC2COc3cc(O)ccc32)C1. The molecule has 2 heterocycles. The van der Waals surface area contributed by atoms with Gasteiger partial charge in [0.25, 0.3) is 0 Å². The molecule has 0 aliphatic carbocycles. The fourth-order valence-electron chi connectivity index (χ4n) is 2.87. The minimum Gasteiger partial charge on any atom is -0.508 e. The number of hydrogen-bond donors (Lipinski definition) is 2. The van der Waals surface area contributed by atoms with Crippen molar-refractivity contribution < 1.29 is 9.84 Å². The molecule has 2 aliphatic heterocycles. The Morgan fingerprint density at radius 2 is 2.39 bits per heavy atom. The first-order valence-corrected chi connectivity index (χ1v) is 6.60.